The number of ether oxygens (including phenoxy) is 2. The molecule has 1 fully saturated rings. The molecule has 0 unspecified atom stereocenters. The topological polar surface area (TPSA) is 68.6 Å². The van der Waals surface area contributed by atoms with Gasteiger partial charge in [-0.25, -0.2) is 0 Å². The summed E-state index contributed by atoms with van der Waals surface area (Å²) in [6.07, 6.45) is 5.47. The first-order valence-corrected chi connectivity index (χ1v) is 12.3. The van der Waals surface area contributed by atoms with Crippen molar-refractivity contribution in [3.63, 3.8) is 0 Å². The van der Waals surface area contributed by atoms with Crippen LogP contribution in [0.3, 0.4) is 0 Å². The van der Waals surface area contributed by atoms with Gasteiger partial charge in [0.1, 0.15) is 23.8 Å². The van der Waals surface area contributed by atoms with Gasteiger partial charge in [0.05, 0.1) is 19.9 Å². The summed E-state index contributed by atoms with van der Waals surface area (Å²) in [5, 5.41) is 7.70. The molecule has 0 radical (unpaired) electrons. The first-order chi connectivity index (χ1) is 17.2. The molecule has 1 saturated heterocycles. The van der Waals surface area contributed by atoms with Crippen molar-refractivity contribution in [3.8, 4) is 11.5 Å². The number of methoxy groups -OCH3 is 1. The highest BCUT2D eigenvalue weighted by Crippen LogP contribution is 2.27. The van der Waals surface area contributed by atoms with E-state index in [9.17, 15) is 4.79 Å². The number of hydrogen-bond acceptors (Lipinski definition) is 5. The summed E-state index contributed by atoms with van der Waals surface area (Å²) >= 11 is 5.42. The number of rotatable bonds is 8. The van der Waals surface area contributed by atoms with Crippen molar-refractivity contribution in [2.75, 3.05) is 7.11 Å². The Bertz CT molecular complexity index is 1290. The molecule has 0 aliphatic carbocycles. The van der Waals surface area contributed by atoms with Gasteiger partial charge in [-0.05, 0) is 66.0 Å². The predicted molar refractivity (Wildman–Crippen MR) is 145 cm³/mol. The largest absolute Gasteiger partial charge is 0.496 e. The normalized spacial score (nSPS) is 14.9. The van der Waals surface area contributed by atoms with Crippen molar-refractivity contribution in [1.82, 2.24) is 20.0 Å². The summed E-state index contributed by atoms with van der Waals surface area (Å²) < 4.78 is 13.4. The second-order valence-corrected chi connectivity index (χ2v) is 10.1. The van der Waals surface area contributed by atoms with Crippen LogP contribution in [0.4, 0.5) is 0 Å². The fraction of sp³-hybridized carbons (Fsp3) is 0.321. The molecule has 0 spiro atoms. The van der Waals surface area contributed by atoms with Crippen LogP contribution in [0.1, 0.15) is 49.9 Å². The Morgan fingerprint density at radius 2 is 1.89 bits per heavy atom. The Balaban J connectivity index is 1.48. The Hall–Kier alpha value is -3.65. The molecule has 1 aromatic heterocycles. The Kier molecular flexibility index (Phi) is 7.45. The van der Waals surface area contributed by atoms with Crippen LogP contribution in [0.5, 0.6) is 11.5 Å². The van der Waals surface area contributed by atoms with E-state index >= 15 is 0 Å². The van der Waals surface area contributed by atoms with Crippen molar-refractivity contribution >= 4 is 29.3 Å². The van der Waals surface area contributed by atoms with Crippen LogP contribution in [-0.4, -0.2) is 32.8 Å². The molecule has 4 rings (SSSR count). The van der Waals surface area contributed by atoms with E-state index in [0.717, 1.165) is 34.7 Å². The van der Waals surface area contributed by atoms with E-state index in [-0.39, 0.29) is 11.3 Å². The third-order valence-electron chi connectivity index (χ3n) is 6.04. The van der Waals surface area contributed by atoms with Gasteiger partial charge in [-0.1, -0.05) is 39.0 Å². The minimum absolute atomic E-state index is 0.0880. The maximum atomic E-state index is 13.0. The van der Waals surface area contributed by atoms with Crippen molar-refractivity contribution < 1.29 is 14.3 Å². The van der Waals surface area contributed by atoms with Gasteiger partial charge in [0, 0.05) is 23.9 Å². The van der Waals surface area contributed by atoms with Gasteiger partial charge in [0.15, 0.2) is 5.11 Å². The van der Waals surface area contributed by atoms with Crippen LogP contribution >= 0.6 is 12.2 Å². The smallest absolute Gasteiger partial charge is 0.276 e. The second-order valence-electron chi connectivity index (χ2n) is 9.72. The van der Waals surface area contributed by atoms with Gasteiger partial charge in [-0.3, -0.25) is 14.4 Å². The fourth-order valence-corrected chi connectivity index (χ4v) is 4.20. The van der Waals surface area contributed by atoms with Crippen molar-refractivity contribution in [1.29, 1.82) is 0 Å². The zero-order valence-corrected chi connectivity index (χ0v) is 22.2. The van der Waals surface area contributed by atoms with Crippen molar-refractivity contribution in [3.05, 3.63) is 82.8 Å². The molecule has 36 heavy (non-hydrogen) atoms. The summed E-state index contributed by atoms with van der Waals surface area (Å²) in [7, 11) is 1.63. The number of aromatic nitrogens is 2. The first-order valence-electron chi connectivity index (χ1n) is 11.9. The molecule has 0 bridgehead atoms. The Morgan fingerprint density at radius 3 is 2.53 bits per heavy atom. The molecule has 0 saturated carbocycles. The molecule has 1 aliphatic rings. The molecule has 188 valence electrons. The van der Waals surface area contributed by atoms with E-state index in [2.05, 4.69) is 43.3 Å². The molecule has 2 aromatic carbocycles. The van der Waals surface area contributed by atoms with E-state index < -0.39 is 0 Å². The molecule has 3 aromatic rings. The molecule has 0 atom stereocenters. The van der Waals surface area contributed by atoms with Gasteiger partial charge >= 0.3 is 0 Å². The number of aryl methyl sites for hydroxylation is 1. The Morgan fingerprint density at radius 1 is 1.14 bits per heavy atom. The zero-order valence-electron chi connectivity index (χ0n) is 21.4. The van der Waals surface area contributed by atoms with E-state index in [4.69, 9.17) is 21.7 Å². The number of benzene rings is 2. The lowest BCUT2D eigenvalue weighted by Gasteiger charge is -2.19. The highest BCUT2D eigenvalue weighted by molar-refractivity contribution is 7.80. The van der Waals surface area contributed by atoms with Crippen LogP contribution < -0.4 is 14.8 Å². The lowest BCUT2D eigenvalue weighted by atomic mass is 9.87. The summed E-state index contributed by atoms with van der Waals surface area (Å²) in [5.74, 6) is 1.34. The monoisotopic (exact) mass is 504 g/mol. The number of carbonyl (C=O) groups excluding carboxylic acids is 1. The Labute approximate surface area is 217 Å². The number of thiocarbonyl (C=S) groups is 1. The second kappa shape index (κ2) is 10.5. The van der Waals surface area contributed by atoms with E-state index in [1.165, 1.54) is 5.56 Å². The van der Waals surface area contributed by atoms with Gasteiger partial charge in [0.25, 0.3) is 5.91 Å². The van der Waals surface area contributed by atoms with Gasteiger partial charge in [-0.15, -0.1) is 0 Å². The number of carbonyl (C=O) groups is 1. The highest BCUT2D eigenvalue weighted by Gasteiger charge is 2.31. The van der Waals surface area contributed by atoms with E-state index in [1.54, 1.807) is 24.3 Å². The minimum atomic E-state index is -0.170. The maximum absolute atomic E-state index is 13.0. The minimum Gasteiger partial charge on any atom is -0.496 e. The third kappa shape index (κ3) is 5.76. The number of amides is 1. The summed E-state index contributed by atoms with van der Waals surface area (Å²) in [5.41, 5.74) is 4.42. The molecule has 1 N–H and O–H groups in total. The third-order valence-corrected chi connectivity index (χ3v) is 6.37. The van der Waals surface area contributed by atoms with Crippen LogP contribution in [-0.2, 0) is 29.9 Å². The average Bonchev–Trinajstić information content (AvgIpc) is 3.42. The molecular formula is C28H32N4O3S. The highest BCUT2D eigenvalue weighted by atomic mass is 32.1. The van der Waals surface area contributed by atoms with Crippen molar-refractivity contribution in [2.45, 2.75) is 52.8 Å². The fourth-order valence-electron chi connectivity index (χ4n) is 3.94. The van der Waals surface area contributed by atoms with Crippen LogP contribution in [0.25, 0.3) is 6.08 Å². The number of nitrogens with one attached hydrogen (secondary N) is 1. The van der Waals surface area contributed by atoms with E-state index in [0.29, 0.717) is 24.0 Å². The molecule has 7 nitrogen and oxygen atoms in total. The summed E-state index contributed by atoms with van der Waals surface area (Å²) in [6, 6.07) is 13.9. The van der Waals surface area contributed by atoms with E-state index in [1.807, 2.05) is 48.1 Å². The van der Waals surface area contributed by atoms with Gasteiger partial charge < -0.3 is 14.8 Å². The lowest BCUT2D eigenvalue weighted by molar-refractivity contribution is -0.122. The standard InChI is InChI=1S/C28H32N4O3S/c1-6-31-16-20(15-29-31)17-32-26(33)24(30-27(32)36)14-19-7-12-25(34-5)21(13-19)18-35-23-10-8-22(9-11-23)28(2,3)4/h7-16H,6,17-18H2,1-5H3,(H,30,36)/b24-14+. The van der Waals surface area contributed by atoms with Gasteiger partial charge in [0.2, 0.25) is 0 Å². The summed E-state index contributed by atoms with van der Waals surface area (Å²) in [6.45, 7) is 10.0. The SMILES string of the molecule is CCn1cc(CN2C(=O)/C(=C\c3ccc(OC)c(COc4ccc(C(C)(C)C)cc4)c3)NC2=S)cn1. The molecule has 1 amide bonds. The molecule has 1 aliphatic heterocycles. The average molecular weight is 505 g/mol. The number of nitrogens with zero attached hydrogens (tertiary/aromatic N) is 3. The maximum Gasteiger partial charge on any atom is 0.276 e. The van der Waals surface area contributed by atoms with Crippen LogP contribution in [0.15, 0.2) is 60.6 Å². The summed E-state index contributed by atoms with van der Waals surface area (Å²) in [4.78, 5) is 14.6. The van der Waals surface area contributed by atoms with Gasteiger partial charge in [-0.2, -0.15) is 5.10 Å². The lowest BCUT2D eigenvalue weighted by Crippen LogP contribution is -2.29. The quantitative estimate of drug-likeness (QED) is 0.342. The van der Waals surface area contributed by atoms with Crippen molar-refractivity contribution in [2.24, 2.45) is 0 Å². The van der Waals surface area contributed by atoms with Crippen LogP contribution in [0, 0.1) is 0 Å². The number of hydrogen-bond donors (Lipinski definition) is 1. The first kappa shape index (κ1) is 25.4. The zero-order chi connectivity index (χ0) is 25.9. The van der Waals surface area contributed by atoms with Crippen LogP contribution in [0.2, 0.25) is 0 Å². The molecular weight excluding hydrogens is 472 g/mol. The molecule has 2 heterocycles. The predicted octanol–water partition coefficient (Wildman–Crippen LogP) is 5.05. The molecule has 8 heteroatoms.